The van der Waals surface area contributed by atoms with E-state index >= 15 is 0 Å². The molecule has 20 heavy (non-hydrogen) atoms. The molecule has 0 saturated carbocycles. The number of nitrogens with one attached hydrogen (secondary N) is 2. The molecule has 2 heterocycles. The van der Waals surface area contributed by atoms with Gasteiger partial charge in [-0.2, -0.15) is 0 Å². The molecule has 2 N–H and O–H groups in total. The first kappa shape index (κ1) is 14.5. The number of thiophene rings is 1. The van der Waals surface area contributed by atoms with E-state index < -0.39 is 0 Å². The maximum atomic E-state index is 4.20. The number of aliphatic imine (C=N–C) groups is 1. The van der Waals surface area contributed by atoms with Crippen LogP contribution in [-0.4, -0.2) is 27.8 Å². The monoisotopic (exact) mass is 292 g/mol. The van der Waals surface area contributed by atoms with Crippen molar-refractivity contribution in [1.82, 2.24) is 25.4 Å². The Balaban J connectivity index is 1.82. The Hall–Kier alpha value is -1.89. The number of guanidine groups is 1. The molecule has 0 fully saturated rings. The van der Waals surface area contributed by atoms with Crippen molar-refractivity contribution in [2.24, 2.45) is 12.0 Å². The molecule has 0 atom stereocenters. The van der Waals surface area contributed by atoms with Gasteiger partial charge in [0.2, 0.25) is 0 Å². The van der Waals surface area contributed by atoms with Crippen LogP contribution >= 0.6 is 11.3 Å². The van der Waals surface area contributed by atoms with E-state index in [9.17, 15) is 0 Å². The summed E-state index contributed by atoms with van der Waals surface area (Å²) in [5.74, 6) is 1.64. The largest absolute Gasteiger partial charge is 0.352 e. The molecule has 0 aliphatic carbocycles. The lowest BCUT2D eigenvalue weighted by atomic mass is 10.4. The van der Waals surface area contributed by atoms with Gasteiger partial charge in [-0.3, -0.25) is 4.99 Å². The average molecular weight is 292 g/mol. The first-order valence-corrected chi connectivity index (χ1v) is 7.39. The summed E-state index contributed by atoms with van der Waals surface area (Å²) in [4.78, 5) is 6.92. The molecule has 0 saturated heterocycles. The average Bonchev–Trinajstić information content (AvgIpc) is 3.08. The zero-order valence-electron chi connectivity index (χ0n) is 12.1. The van der Waals surface area contributed by atoms with Crippen LogP contribution < -0.4 is 10.6 Å². The molecule has 7 heteroatoms. The smallest absolute Gasteiger partial charge is 0.191 e. The van der Waals surface area contributed by atoms with Crippen molar-refractivity contribution in [3.05, 3.63) is 34.0 Å². The SMILES string of the molecule is CCc1ccc(CNC(=NC)NCc2nncn2C)s1. The van der Waals surface area contributed by atoms with Crippen molar-refractivity contribution < 1.29 is 0 Å². The predicted molar refractivity (Wildman–Crippen MR) is 81.7 cm³/mol. The normalized spacial score (nSPS) is 11.7. The molecule has 108 valence electrons. The predicted octanol–water partition coefficient (Wildman–Crippen LogP) is 1.30. The van der Waals surface area contributed by atoms with Crippen LogP contribution in [0.1, 0.15) is 22.5 Å². The fourth-order valence-corrected chi connectivity index (χ4v) is 2.63. The molecular weight excluding hydrogens is 272 g/mol. The minimum atomic E-state index is 0.598. The van der Waals surface area contributed by atoms with Crippen LogP contribution in [0.2, 0.25) is 0 Å². The molecule has 0 aliphatic heterocycles. The number of aryl methyl sites for hydroxylation is 2. The quantitative estimate of drug-likeness (QED) is 0.644. The van der Waals surface area contributed by atoms with Gasteiger partial charge in [-0.25, -0.2) is 0 Å². The fraction of sp³-hybridized carbons (Fsp3) is 0.462. The van der Waals surface area contributed by atoms with Gasteiger partial charge in [0, 0.05) is 23.8 Å². The third-order valence-electron chi connectivity index (χ3n) is 2.94. The van der Waals surface area contributed by atoms with Gasteiger partial charge in [0.05, 0.1) is 13.1 Å². The van der Waals surface area contributed by atoms with E-state index in [1.165, 1.54) is 9.75 Å². The van der Waals surface area contributed by atoms with Crippen LogP contribution in [0, 0.1) is 0 Å². The molecule has 0 aliphatic rings. The van der Waals surface area contributed by atoms with Crippen LogP contribution in [0.15, 0.2) is 23.5 Å². The highest BCUT2D eigenvalue weighted by Gasteiger charge is 2.04. The van der Waals surface area contributed by atoms with Crippen molar-refractivity contribution in [2.45, 2.75) is 26.4 Å². The standard InChI is InChI=1S/C13H20N6S/c1-4-10-5-6-11(20-10)7-15-13(14-2)16-8-12-18-17-9-19(12)3/h5-6,9H,4,7-8H2,1-3H3,(H2,14,15,16). The molecular formula is C13H20N6S. The Labute approximate surface area is 123 Å². The number of hydrogen-bond acceptors (Lipinski definition) is 4. The van der Waals surface area contributed by atoms with Crippen LogP contribution in [0.3, 0.4) is 0 Å². The van der Waals surface area contributed by atoms with E-state index in [0.29, 0.717) is 6.54 Å². The van der Waals surface area contributed by atoms with Gasteiger partial charge >= 0.3 is 0 Å². The highest BCUT2D eigenvalue weighted by atomic mass is 32.1. The topological polar surface area (TPSA) is 67.1 Å². The first-order valence-electron chi connectivity index (χ1n) is 6.58. The summed E-state index contributed by atoms with van der Waals surface area (Å²) >= 11 is 1.83. The summed E-state index contributed by atoms with van der Waals surface area (Å²) in [6, 6.07) is 4.34. The van der Waals surface area contributed by atoms with E-state index in [1.807, 2.05) is 23.0 Å². The lowest BCUT2D eigenvalue weighted by molar-refractivity contribution is 0.727. The maximum absolute atomic E-state index is 4.20. The van der Waals surface area contributed by atoms with E-state index in [2.05, 4.69) is 44.9 Å². The summed E-state index contributed by atoms with van der Waals surface area (Å²) in [6.07, 6.45) is 2.77. The second kappa shape index (κ2) is 7.04. The molecule has 0 radical (unpaired) electrons. The van der Waals surface area contributed by atoms with Gasteiger partial charge in [0.25, 0.3) is 0 Å². The van der Waals surface area contributed by atoms with Gasteiger partial charge in [0.15, 0.2) is 11.8 Å². The number of nitrogens with zero attached hydrogens (tertiary/aromatic N) is 4. The van der Waals surface area contributed by atoms with E-state index in [0.717, 1.165) is 24.7 Å². The van der Waals surface area contributed by atoms with Crippen LogP contribution in [0.25, 0.3) is 0 Å². The lowest BCUT2D eigenvalue weighted by Gasteiger charge is -2.10. The van der Waals surface area contributed by atoms with Gasteiger partial charge < -0.3 is 15.2 Å². The Morgan fingerprint density at radius 1 is 1.30 bits per heavy atom. The van der Waals surface area contributed by atoms with E-state index in [1.54, 1.807) is 13.4 Å². The van der Waals surface area contributed by atoms with Crippen molar-refractivity contribution >= 4 is 17.3 Å². The van der Waals surface area contributed by atoms with E-state index in [4.69, 9.17) is 0 Å². The molecule has 2 aromatic heterocycles. The van der Waals surface area contributed by atoms with Gasteiger partial charge in [-0.05, 0) is 18.6 Å². The fourth-order valence-electron chi connectivity index (χ4n) is 1.73. The van der Waals surface area contributed by atoms with Crippen molar-refractivity contribution in [3.63, 3.8) is 0 Å². The zero-order chi connectivity index (χ0) is 14.4. The van der Waals surface area contributed by atoms with Crippen molar-refractivity contribution in [1.29, 1.82) is 0 Å². The molecule has 0 aromatic carbocycles. The summed E-state index contributed by atoms with van der Waals surface area (Å²) in [7, 11) is 3.68. The highest BCUT2D eigenvalue weighted by molar-refractivity contribution is 7.11. The third-order valence-corrected chi connectivity index (χ3v) is 4.17. The third kappa shape index (κ3) is 3.80. The molecule has 2 rings (SSSR count). The van der Waals surface area contributed by atoms with Crippen LogP contribution in [0.5, 0.6) is 0 Å². The molecule has 0 amide bonds. The van der Waals surface area contributed by atoms with Crippen molar-refractivity contribution in [3.8, 4) is 0 Å². The Morgan fingerprint density at radius 3 is 2.65 bits per heavy atom. The summed E-state index contributed by atoms with van der Waals surface area (Å²) in [5, 5.41) is 14.4. The zero-order valence-corrected chi connectivity index (χ0v) is 12.9. The first-order chi connectivity index (χ1) is 9.72. The maximum Gasteiger partial charge on any atom is 0.191 e. The highest BCUT2D eigenvalue weighted by Crippen LogP contribution is 2.16. The summed E-state index contributed by atoms with van der Waals surface area (Å²) < 4.78 is 1.88. The minimum Gasteiger partial charge on any atom is -0.352 e. The van der Waals surface area contributed by atoms with Crippen LogP contribution in [0.4, 0.5) is 0 Å². The van der Waals surface area contributed by atoms with E-state index in [-0.39, 0.29) is 0 Å². The lowest BCUT2D eigenvalue weighted by Crippen LogP contribution is -2.36. The van der Waals surface area contributed by atoms with Gasteiger partial charge in [0.1, 0.15) is 6.33 Å². The molecule has 6 nitrogen and oxygen atoms in total. The van der Waals surface area contributed by atoms with Gasteiger partial charge in [-0.15, -0.1) is 21.5 Å². The summed E-state index contributed by atoms with van der Waals surface area (Å²) in [6.45, 7) is 3.55. The molecule has 0 bridgehead atoms. The Bertz CT molecular complexity index is 571. The number of hydrogen-bond donors (Lipinski definition) is 2. The van der Waals surface area contributed by atoms with Crippen LogP contribution in [-0.2, 0) is 26.6 Å². The minimum absolute atomic E-state index is 0.598. The number of aromatic nitrogens is 3. The van der Waals surface area contributed by atoms with Crippen molar-refractivity contribution in [2.75, 3.05) is 7.05 Å². The van der Waals surface area contributed by atoms with Gasteiger partial charge in [-0.1, -0.05) is 6.92 Å². The molecule has 2 aromatic rings. The second-order valence-corrected chi connectivity index (χ2v) is 5.61. The Kier molecular flexibility index (Phi) is 5.11. The summed E-state index contributed by atoms with van der Waals surface area (Å²) in [5.41, 5.74) is 0. The number of rotatable bonds is 5. The second-order valence-electron chi connectivity index (χ2n) is 4.36. The molecule has 0 spiro atoms. The Morgan fingerprint density at radius 2 is 2.05 bits per heavy atom. The molecule has 0 unspecified atom stereocenters.